The fraction of sp³-hybridized carbons (Fsp3) is 0.391. The van der Waals surface area contributed by atoms with Crippen LogP contribution in [0.15, 0.2) is 41.2 Å². The monoisotopic (exact) mass is 411 g/mol. The highest BCUT2D eigenvalue weighted by molar-refractivity contribution is 7.24. The molecule has 0 unspecified atom stereocenters. The minimum atomic E-state index is -0.447. The molecule has 1 aliphatic rings. The topological polar surface area (TPSA) is 55.8 Å². The smallest absolute Gasteiger partial charge is 0.338 e. The maximum absolute atomic E-state index is 13.3. The van der Waals surface area contributed by atoms with Gasteiger partial charge < -0.3 is 9.47 Å². The third-order valence-electron chi connectivity index (χ3n) is 5.68. The van der Waals surface area contributed by atoms with Crippen LogP contribution in [0.25, 0.3) is 20.2 Å². The van der Waals surface area contributed by atoms with E-state index < -0.39 is 5.97 Å². The number of carbonyl (C=O) groups excluding carboxylic acids is 1. The summed E-state index contributed by atoms with van der Waals surface area (Å²) in [7, 11) is 0. The molecule has 0 spiro atoms. The SMILES string of the molecule is CCOC(=O)c1cc(C(C)(C)N2CCOCC2)cc2sc3ccccc3c(=O)c12. The lowest BCUT2D eigenvalue weighted by molar-refractivity contribution is -0.0117. The lowest BCUT2D eigenvalue weighted by Gasteiger charge is -2.41. The van der Waals surface area contributed by atoms with Crippen molar-refractivity contribution in [1.29, 1.82) is 0 Å². The second-order valence-electron chi connectivity index (χ2n) is 7.70. The van der Waals surface area contributed by atoms with E-state index in [4.69, 9.17) is 9.47 Å². The average molecular weight is 412 g/mol. The van der Waals surface area contributed by atoms with Crippen molar-refractivity contribution in [3.05, 3.63) is 57.7 Å². The van der Waals surface area contributed by atoms with Gasteiger partial charge in [0.2, 0.25) is 0 Å². The van der Waals surface area contributed by atoms with E-state index in [1.54, 1.807) is 18.3 Å². The van der Waals surface area contributed by atoms with E-state index in [0.717, 1.165) is 28.1 Å². The number of benzene rings is 2. The molecule has 0 atom stereocenters. The minimum Gasteiger partial charge on any atom is -0.462 e. The molecule has 5 nitrogen and oxygen atoms in total. The van der Waals surface area contributed by atoms with E-state index in [2.05, 4.69) is 24.8 Å². The molecule has 6 heteroatoms. The van der Waals surface area contributed by atoms with E-state index in [9.17, 15) is 9.59 Å². The van der Waals surface area contributed by atoms with Gasteiger partial charge in [0, 0.05) is 33.4 Å². The summed E-state index contributed by atoms with van der Waals surface area (Å²) < 4.78 is 12.5. The molecule has 1 aromatic heterocycles. The van der Waals surface area contributed by atoms with Crippen molar-refractivity contribution < 1.29 is 14.3 Å². The molecule has 29 heavy (non-hydrogen) atoms. The third-order valence-corrected chi connectivity index (χ3v) is 6.80. The van der Waals surface area contributed by atoms with E-state index in [1.165, 1.54) is 0 Å². The normalized spacial score (nSPS) is 15.7. The van der Waals surface area contributed by atoms with E-state index in [-0.39, 0.29) is 17.6 Å². The molecule has 1 fully saturated rings. The number of nitrogens with zero attached hydrogens (tertiary/aromatic N) is 1. The Morgan fingerprint density at radius 1 is 1.17 bits per heavy atom. The second-order valence-corrected chi connectivity index (χ2v) is 8.79. The highest BCUT2D eigenvalue weighted by Gasteiger charge is 2.32. The van der Waals surface area contributed by atoms with Gasteiger partial charge in [0.05, 0.1) is 30.8 Å². The van der Waals surface area contributed by atoms with E-state index in [1.807, 2.05) is 30.3 Å². The lowest BCUT2D eigenvalue weighted by atomic mass is 9.89. The molecule has 0 saturated carbocycles. The van der Waals surface area contributed by atoms with Crippen molar-refractivity contribution >= 4 is 37.5 Å². The van der Waals surface area contributed by atoms with Crippen LogP contribution in [0.3, 0.4) is 0 Å². The molecular formula is C23H25NO4S. The molecule has 2 heterocycles. The summed E-state index contributed by atoms with van der Waals surface area (Å²) in [5.74, 6) is -0.447. The zero-order chi connectivity index (χ0) is 20.6. The number of esters is 1. The van der Waals surface area contributed by atoms with Gasteiger partial charge in [-0.15, -0.1) is 11.3 Å². The van der Waals surface area contributed by atoms with Crippen LogP contribution < -0.4 is 5.43 Å². The first-order valence-electron chi connectivity index (χ1n) is 9.93. The van der Waals surface area contributed by atoms with Crippen molar-refractivity contribution in [2.45, 2.75) is 26.3 Å². The lowest BCUT2D eigenvalue weighted by Crippen LogP contribution is -2.48. The van der Waals surface area contributed by atoms with Crippen molar-refractivity contribution in [1.82, 2.24) is 4.90 Å². The quantitative estimate of drug-likeness (QED) is 0.477. The molecule has 4 rings (SSSR count). The van der Waals surface area contributed by atoms with Crippen molar-refractivity contribution in [3.63, 3.8) is 0 Å². The summed E-state index contributed by atoms with van der Waals surface area (Å²) in [5.41, 5.74) is 0.933. The summed E-state index contributed by atoms with van der Waals surface area (Å²) in [4.78, 5) is 28.4. The molecule has 1 aliphatic heterocycles. The van der Waals surface area contributed by atoms with Gasteiger partial charge in [0.25, 0.3) is 0 Å². The Bertz CT molecular complexity index is 1130. The van der Waals surface area contributed by atoms with Crippen LogP contribution in [0.4, 0.5) is 0 Å². The third kappa shape index (κ3) is 3.56. The number of ether oxygens (including phenoxy) is 2. The number of hydrogen-bond acceptors (Lipinski definition) is 6. The molecule has 2 aromatic carbocycles. The summed E-state index contributed by atoms with van der Waals surface area (Å²) in [5, 5.41) is 1.09. The van der Waals surface area contributed by atoms with Gasteiger partial charge in [-0.1, -0.05) is 12.1 Å². The number of carbonyl (C=O) groups is 1. The fourth-order valence-electron chi connectivity index (χ4n) is 3.95. The first-order valence-corrected chi connectivity index (χ1v) is 10.7. The van der Waals surface area contributed by atoms with Gasteiger partial charge in [-0.05, 0) is 50.6 Å². The Morgan fingerprint density at radius 3 is 2.62 bits per heavy atom. The van der Waals surface area contributed by atoms with Gasteiger partial charge in [0.15, 0.2) is 5.43 Å². The number of hydrogen-bond donors (Lipinski definition) is 0. The summed E-state index contributed by atoms with van der Waals surface area (Å²) in [6.45, 7) is 9.39. The minimum absolute atomic E-state index is 0.117. The molecular weight excluding hydrogens is 386 g/mol. The van der Waals surface area contributed by atoms with Crippen molar-refractivity contribution in [3.8, 4) is 0 Å². The van der Waals surface area contributed by atoms with Crippen LogP contribution in [-0.4, -0.2) is 43.8 Å². The van der Waals surface area contributed by atoms with Gasteiger partial charge in [-0.3, -0.25) is 9.69 Å². The predicted octanol–water partition coefficient (Wildman–Crippen LogP) is 4.16. The van der Waals surface area contributed by atoms with Crippen molar-refractivity contribution in [2.75, 3.05) is 32.9 Å². The van der Waals surface area contributed by atoms with Crippen LogP contribution in [-0.2, 0) is 15.0 Å². The first-order chi connectivity index (χ1) is 13.9. The Kier molecular flexibility index (Phi) is 5.42. The van der Waals surface area contributed by atoms with Crippen LogP contribution >= 0.6 is 11.3 Å². The summed E-state index contributed by atoms with van der Waals surface area (Å²) >= 11 is 1.54. The molecule has 3 aromatic rings. The zero-order valence-electron chi connectivity index (χ0n) is 17.0. The number of fused-ring (bicyclic) bond motifs is 2. The Morgan fingerprint density at radius 2 is 1.90 bits per heavy atom. The molecule has 0 amide bonds. The maximum atomic E-state index is 13.3. The highest BCUT2D eigenvalue weighted by atomic mass is 32.1. The summed E-state index contributed by atoms with van der Waals surface area (Å²) in [6, 6.07) is 11.4. The summed E-state index contributed by atoms with van der Waals surface area (Å²) in [6.07, 6.45) is 0. The zero-order valence-corrected chi connectivity index (χ0v) is 17.8. The first kappa shape index (κ1) is 20.0. The molecule has 1 saturated heterocycles. The average Bonchev–Trinajstić information content (AvgIpc) is 2.74. The molecule has 0 N–H and O–H groups in total. The maximum Gasteiger partial charge on any atom is 0.338 e. The Labute approximate surface area is 173 Å². The molecule has 0 radical (unpaired) electrons. The largest absolute Gasteiger partial charge is 0.462 e. The molecule has 0 bridgehead atoms. The van der Waals surface area contributed by atoms with Crippen LogP contribution in [0.5, 0.6) is 0 Å². The van der Waals surface area contributed by atoms with Gasteiger partial charge >= 0.3 is 5.97 Å². The van der Waals surface area contributed by atoms with Gasteiger partial charge in [-0.25, -0.2) is 4.79 Å². The Hall–Kier alpha value is -2.28. The standard InChI is InChI=1S/C23H25NO4S/c1-4-28-22(26)17-13-15(23(2,3)24-9-11-27-12-10-24)14-19-20(17)21(25)16-7-5-6-8-18(16)29-19/h5-8,13-14H,4,9-12H2,1-3H3. The van der Waals surface area contributed by atoms with Crippen LogP contribution in [0.1, 0.15) is 36.7 Å². The Balaban J connectivity index is 1.98. The van der Waals surface area contributed by atoms with E-state index in [0.29, 0.717) is 29.5 Å². The number of rotatable bonds is 4. The predicted molar refractivity (Wildman–Crippen MR) is 117 cm³/mol. The molecule has 152 valence electrons. The number of morpholine rings is 1. The highest BCUT2D eigenvalue weighted by Crippen LogP contribution is 2.35. The fourth-order valence-corrected chi connectivity index (χ4v) is 5.10. The van der Waals surface area contributed by atoms with Crippen LogP contribution in [0, 0.1) is 0 Å². The van der Waals surface area contributed by atoms with Crippen LogP contribution in [0.2, 0.25) is 0 Å². The van der Waals surface area contributed by atoms with Gasteiger partial charge in [-0.2, -0.15) is 0 Å². The second kappa shape index (κ2) is 7.86. The van der Waals surface area contributed by atoms with Crippen molar-refractivity contribution in [2.24, 2.45) is 0 Å². The molecule has 0 aliphatic carbocycles. The van der Waals surface area contributed by atoms with Gasteiger partial charge in [0.1, 0.15) is 0 Å². The van der Waals surface area contributed by atoms with E-state index >= 15 is 0 Å².